The van der Waals surface area contributed by atoms with E-state index in [4.69, 9.17) is 4.98 Å². The summed E-state index contributed by atoms with van der Waals surface area (Å²) in [6.07, 6.45) is 7.07. The van der Waals surface area contributed by atoms with Crippen molar-refractivity contribution in [3.8, 4) is 11.1 Å². The number of likely N-dealkylation sites (tertiary alicyclic amines) is 1. The summed E-state index contributed by atoms with van der Waals surface area (Å²) >= 11 is 0. The first-order valence-corrected chi connectivity index (χ1v) is 10.4. The minimum atomic E-state index is -0.271. The molecule has 1 aliphatic rings. The van der Waals surface area contributed by atoms with Crippen LogP contribution >= 0.6 is 0 Å². The lowest BCUT2D eigenvalue weighted by molar-refractivity contribution is 0.0704. The Morgan fingerprint density at radius 2 is 2.03 bits per heavy atom. The maximum Gasteiger partial charge on any atom is 0.255 e. The molecule has 0 bridgehead atoms. The molecule has 0 unspecified atom stereocenters. The van der Waals surface area contributed by atoms with Gasteiger partial charge in [-0.25, -0.2) is 13.9 Å². The van der Waals surface area contributed by atoms with E-state index in [0.29, 0.717) is 12.1 Å². The molecule has 1 fully saturated rings. The van der Waals surface area contributed by atoms with Gasteiger partial charge >= 0.3 is 0 Å². The van der Waals surface area contributed by atoms with Crippen molar-refractivity contribution in [1.29, 1.82) is 0 Å². The van der Waals surface area contributed by atoms with Crippen LogP contribution in [0.5, 0.6) is 0 Å². The number of amides is 1. The minimum Gasteiger partial charge on any atom is -0.338 e. The van der Waals surface area contributed by atoms with Crippen LogP contribution < -0.4 is 0 Å². The number of nitrogens with zero attached hydrogens (tertiary/aromatic N) is 5. The summed E-state index contributed by atoms with van der Waals surface area (Å²) in [5, 5.41) is 4.69. The molecule has 1 amide bonds. The van der Waals surface area contributed by atoms with E-state index >= 15 is 0 Å². The summed E-state index contributed by atoms with van der Waals surface area (Å²) in [5.41, 5.74) is 3.98. The van der Waals surface area contributed by atoms with E-state index in [1.807, 2.05) is 42.3 Å². The van der Waals surface area contributed by atoms with Gasteiger partial charge in [-0.3, -0.25) is 9.78 Å². The van der Waals surface area contributed by atoms with Crippen LogP contribution in [-0.4, -0.2) is 43.5 Å². The molecule has 0 spiro atoms. The molecule has 4 aromatic rings. The highest BCUT2D eigenvalue weighted by Crippen LogP contribution is 2.27. The number of benzene rings is 1. The van der Waals surface area contributed by atoms with Gasteiger partial charge in [0, 0.05) is 43.2 Å². The summed E-state index contributed by atoms with van der Waals surface area (Å²) in [6.45, 7) is 3.24. The Labute approximate surface area is 179 Å². The Morgan fingerprint density at radius 1 is 1.13 bits per heavy atom. The fourth-order valence-corrected chi connectivity index (χ4v) is 4.14. The normalized spacial score (nSPS) is 16.6. The van der Waals surface area contributed by atoms with E-state index in [9.17, 15) is 9.18 Å². The number of piperidine rings is 1. The molecule has 1 saturated heterocycles. The average molecular weight is 415 g/mol. The van der Waals surface area contributed by atoms with Gasteiger partial charge in [0.05, 0.1) is 5.56 Å². The largest absolute Gasteiger partial charge is 0.338 e. The van der Waals surface area contributed by atoms with Gasteiger partial charge in [-0.2, -0.15) is 5.10 Å². The highest BCUT2D eigenvalue weighted by Gasteiger charge is 2.28. The van der Waals surface area contributed by atoms with Crippen molar-refractivity contribution in [2.75, 3.05) is 13.1 Å². The summed E-state index contributed by atoms with van der Waals surface area (Å²) in [5.74, 6) is 0.537. The van der Waals surface area contributed by atoms with Gasteiger partial charge in [-0.05, 0) is 61.2 Å². The zero-order valence-corrected chi connectivity index (χ0v) is 17.2. The van der Waals surface area contributed by atoms with E-state index in [1.54, 1.807) is 23.0 Å². The van der Waals surface area contributed by atoms with Gasteiger partial charge in [-0.15, -0.1) is 0 Å². The van der Waals surface area contributed by atoms with Crippen molar-refractivity contribution < 1.29 is 9.18 Å². The summed E-state index contributed by atoms with van der Waals surface area (Å²) in [4.78, 5) is 23.7. The number of pyridine rings is 2. The van der Waals surface area contributed by atoms with E-state index < -0.39 is 0 Å². The van der Waals surface area contributed by atoms with Crippen LogP contribution in [0.25, 0.3) is 16.8 Å². The smallest absolute Gasteiger partial charge is 0.255 e. The monoisotopic (exact) mass is 415 g/mol. The lowest BCUT2D eigenvalue weighted by Gasteiger charge is -2.31. The number of aromatic nitrogens is 4. The minimum absolute atomic E-state index is 0.00180. The number of fused-ring (bicyclic) bond motifs is 1. The summed E-state index contributed by atoms with van der Waals surface area (Å²) in [7, 11) is 0. The zero-order chi connectivity index (χ0) is 21.4. The number of aryl methyl sites for hydroxylation is 1. The standard InChI is InChI=1S/C24H22FN5O/c1-16-10-20(13-26-12-16)24(31)29-9-3-5-19(14-29)23-27-22-8-7-18(15-30(22)28-23)17-4-2-6-21(25)11-17/h2,4,6-8,10-13,15,19H,3,5,9,14H2,1H3/t19-/m1/s1. The van der Waals surface area contributed by atoms with Gasteiger partial charge in [0.15, 0.2) is 11.5 Å². The molecule has 1 aromatic carbocycles. The molecule has 6 nitrogen and oxygen atoms in total. The lowest BCUT2D eigenvalue weighted by atomic mass is 9.97. The maximum atomic E-state index is 13.6. The molecule has 1 aliphatic heterocycles. The molecule has 0 N–H and O–H groups in total. The number of hydrogen-bond donors (Lipinski definition) is 0. The van der Waals surface area contributed by atoms with Crippen LogP contribution in [0.4, 0.5) is 4.39 Å². The second-order valence-corrected chi connectivity index (χ2v) is 8.04. The lowest BCUT2D eigenvalue weighted by Crippen LogP contribution is -2.39. The fraction of sp³-hybridized carbons (Fsp3) is 0.250. The van der Waals surface area contributed by atoms with E-state index in [1.165, 1.54) is 12.1 Å². The van der Waals surface area contributed by atoms with Gasteiger partial charge in [0.1, 0.15) is 5.82 Å². The van der Waals surface area contributed by atoms with Crippen LogP contribution in [-0.2, 0) is 0 Å². The predicted molar refractivity (Wildman–Crippen MR) is 115 cm³/mol. The number of hydrogen-bond acceptors (Lipinski definition) is 4. The Balaban J connectivity index is 1.39. The van der Waals surface area contributed by atoms with E-state index in [0.717, 1.165) is 47.5 Å². The van der Waals surface area contributed by atoms with Crippen LogP contribution in [0.1, 0.15) is 40.5 Å². The molecule has 5 rings (SSSR count). The first kappa shape index (κ1) is 19.4. The topological polar surface area (TPSA) is 63.4 Å². The number of rotatable bonds is 3. The Morgan fingerprint density at radius 3 is 2.87 bits per heavy atom. The van der Waals surface area contributed by atoms with Crippen molar-refractivity contribution >= 4 is 11.6 Å². The molecule has 4 heterocycles. The molecule has 0 radical (unpaired) electrons. The summed E-state index contributed by atoms with van der Waals surface area (Å²) < 4.78 is 15.3. The Kier molecular flexibility index (Phi) is 4.94. The van der Waals surface area contributed by atoms with Crippen molar-refractivity contribution in [1.82, 2.24) is 24.5 Å². The third kappa shape index (κ3) is 3.91. The van der Waals surface area contributed by atoms with Crippen molar-refractivity contribution in [2.24, 2.45) is 0 Å². The van der Waals surface area contributed by atoms with Crippen molar-refractivity contribution in [2.45, 2.75) is 25.7 Å². The van der Waals surface area contributed by atoms with Gasteiger partial charge in [0.2, 0.25) is 0 Å². The molecule has 0 saturated carbocycles. The first-order valence-electron chi connectivity index (χ1n) is 10.4. The SMILES string of the molecule is Cc1cncc(C(=O)N2CCC[C@@H](c3nc4ccc(-c5cccc(F)c5)cn4n3)C2)c1. The third-order valence-electron chi connectivity index (χ3n) is 5.70. The van der Waals surface area contributed by atoms with Gasteiger partial charge in [0.25, 0.3) is 5.91 Å². The van der Waals surface area contributed by atoms with Crippen molar-refractivity contribution in [3.05, 3.63) is 83.8 Å². The average Bonchev–Trinajstić information content (AvgIpc) is 3.22. The Hall–Kier alpha value is -3.61. The second kappa shape index (κ2) is 7.91. The van der Waals surface area contributed by atoms with Crippen LogP contribution in [0.2, 0.25) is 0 Å². The van der Waals surface area contributed by atoms with Crippen LogP contribution in [0.15, 0.2) is 61.1 Å². The predicted octanol–water partition coefficient (Wildman–Crippen LogP) is 4.26. The molecular weight excluding hydrogens is 393 g/mol. The van der Waals surface area contributed by atoms with Gasteiger partial charge < -0.3 is 4.90 Å². The molecule has 31 heavy (non-hydrogen) atoms. The quantitative estimate of drug-likeness (QED) is 0.502. The first-order chi connectivity index (χ1) is 15.1. The second-order valence-electron chi connectivity index (χ2n) is 8.04. The third-order valence-corrected chi connectivity index (χ3v) is 5.70. The van der Waals surface area contributed by atoms with Gasteiger partial charge in [-0.1, -0.05) is 12.1 Å². The fourth-order valence-electron chi connectivity index (χ4n) is 4.14. The Bertz CT molecular complexity index is 1270. The number of carbonyl (C=O) groups is 1. The zero-order valence-electron chi connectivity index (χ0n) is 17.2. The summed E-state index contributed by atoms with van der Waals surface area (Å²) in [6, 6.07) is 12.2. The highest BCUT2D eigenvalue weighted by atomic mass is 19.1. The molecular formula is C24H22FN5O. The van der Waals surface area contributed by atoms with E-state index in [-0.39, 0.29) is 17.6 Å². The molecule has 156 valence electrons. The van der Waals surface area contributed by atoms with Crippen molar-refractivity contribution in [3.63, 3.8) is 0 Å². The highest BCUT2D eigenvalue weighted by molar-refractivity contribution is 5.94. The van der Waals surface area contributed by atoms with Crippen LogP contribution in [0.3, 0.4) is 0 Å². The molecule has 7 heteroatoms. The molecule has 1 atom stereocenters. The molecule has 0 aliphatic carbocycles. The maximum absolute atomic E-state index is 13.6. The van der Waals surface area contributed by atoms with E-state index in [2.05, 4.69) is 10.1 Å². The molecule has 3 aromatic heterocycles. The van der Waals surface area contributed by atoms with Crippen LogP contribution in [0, 0.1) is 12.7 Å². The number of halogens is 1. The number of carbonyl (C=O) groups excluding carboxylic acids is 1.